The van der Waals surface area contributed by atoms with Gasteiger partial charge in [-0.1, -0.05) is 0 Å². The lowest BCUT2D eigenvalue weighted by Crippen LogP contribution is -2.36. The first-order chi connectivity index (χ1) is 8.39. The van der Waals surface area contributed by atoms with E-state index in [-0.39, 0.29) is 22.9 Å². The van der Waals surface area contributed by atoms with Crippen LogP contribution in [-0.2, 0) is 9.84 Å². The fourth-order valence-corrected chi connectivity index (χ4v) is 3.47. The highest BCUT2D eigenvalue weighted by molar-refractivity contribution is 7.91. The van der Waals surface area contributed by atoms with Crippen molar-refractivity contribution in [3.8, 4) is 0 Å². The molecular weight excluding hydrogens is 262 g/mol. The molecule has 1 saturated heterocycles. The molecule has 98 valence electrons. The van der Waals surface area contributed by atoms with Crippen molar-refractivity contribution in [1.29, 1.82) is 0 Å². The molecular formula is C9H11N3O5S. The Hall–Kier alpha value is -1.90. The van der Waals surface area contributed by atoms with Crippen LogP contribution in [0, 0.1) is 0 Å². The number of nitrogens with one attached hydrogen (secondary N) is 2. The first-order valence-electron chi connectivity index (χ1n) is 5.17. The van der Waals surface area contributed by atoms with Crippen LogP contribution in [-0.4, -0.2) is 52.9 Å². The fourth-order valence-electron chi connectivity index (χ4n) is 1.79. The molecule has 0 spiro atoms. The van der Waals surface area contributed by atoms with Crippen molar-refractivity contribution in [3.63, 3.8) is 0 Å². The summed E-state index contributed by atoms with van der Waals surface area (Å²) in [6.45, 7) is 0. The van der Waals surface area contributed by atoms with Gasteiger partial charge in [0.25, 0.3) is 5.91 Å². The van der Waals surface area contributed by atoms with Gasteiger partial charge in [0, 0.05) is 6.04 Å². The van der Waals surface area contributed by atoms with E-state index in [1.54, 1.807) is 0 Å². The second kappa shape index (κ2) is 4.41. The van der Waals surface area contributed by atoms with Gasteiger partial charge < -0.3 is 15.4 Å². The molecule has 0 bridgehead atoms. The number of nitrogens with zero attached hydrogens (tertiary/aromatic N) is 1. The number of carbonyl (C=O) groups is 2. The number of carbonyl (C=O) groups excluding carboxylic acids is 1. The van der Waals surface area contributed by atoms with Gasteiger partial charge in [0.1, 0.15) is 0 Å². The average molecular weight is 273 g/mol. The predicted octanol–water partition coefficient (Wildman–Crippen LogP) is -0.975. The highest BCUT2D eigenvalue weighted by Gasteiger charge is 2.30. The van der Waals surface area contributed by atoms with Crippen molar-refractivity contribution in [3.05, 3.63) is 17.7 Å². The summed E-state index contributed by atoms with van der Waals surface area (Å²) in [7, 11) is -3.10. The Morgan fingerprint density at radius 3 is 2.78 bits per heavy atom. The number of hydrogen-bond acceptors (Lipinski definition) is 5. The van der Waals surface area contributed by atoms with Gasteiger partial charge in [-0.25, -0.2) is 18.2 Å². The van der Waals surface area contributed by atoms with E-state index in [1.807, 2.05) is 0 Å². The molecule has 1 fully saturated rings. The number of sulfone groups is 1. The van der Waals surface area contributed by atoms with Crippen molar-refractivity contribution in [2.24, 2.45) is 0 Å². The van der Waals surface area contributed by atoms with Crippen LogP contribution in [0.15, 0.2) is 6.33 Å². The van der Waals surface area contributed by atoms with Crippen LogP contribution in [0.3, 0.4) is 0 Å². The Labute approximate surface area is 102 Å². The minimum absolute atomic E-state index is 0.0320. The number of H-pyrrole nitrogens is 1. The number of hydrogen-bond donors (Lipinski definition) is 3. The van der Waals surface area contributed by atoms with E-state index >= 15 is 0 Å². The summed E-state index contributed by atoms with van der Waals surface area (Å²) in [6.07, 6.45) is 1.44. The lowest BCUT2D eigenvalue weighted by Gasteiger charge is -2.09. The lowest BCUT2D eigenvalue weighted by molar-refractivity contribution is 0.0684. The van der Waals surface area contributed by atoms with Crippen molar-refractivity contribution < 1.29 is 23.1 Å². The summed E-state index contributed by atoms with van der Waals surface area (Å²) in [5.41, 5.74) is -0.555. The monoisotopic (exact) mass is 273 g/mol. The molecule has 1 atom stereocenters. The van der Waals surface area contributed by atoms with Crippen LogP contribution < -0.4 is 5.32 Å². The Morgan fingerprint density at radius 2 is 2.22 bits per heavy atom. The zero-order valence-corrected chi connectivity index (χ0v) is 10.0. The molecule has 0 aliphatic carbocycles. The second-order valence-electron chi connectivity index (χ2n) is 4.00. The first kappa shape index (κ1) is 12.6. The predicted molar refractivity (Wildman–Crippen MR) is 60.1 cm³/mol. The van der Waals surface area contributed by atoms with Gasteiger partial charge in [-0.05, 0) is 6.42 Å². The number of aromatic carboxylic acids is 1. The normalized spacial score (nSPS) is 21.7. The molecule has 1 aromatic heterocycles. The maximum atomic E-state index is 11.7. The zero-order valence-electron chi connectivity index (χ0n) is 9.21. The summed E-state index contributed by atoms with van der Waals surface area (Å²) in [5, 5.41) is 11.3. The summed E-state index contributed by atoms with van der Waals surface area (Å²) < 4.78 is 22.4. The van der Waals surface area contributed by atoms with Gasteiger partial charge in [-0.3, -0.25) is 4.79 Å². The highest BCUT2D eigenvalue weighted by atomic mass is 32.2. The minimum Gasteiger partial charge on any atom is -0.477 e. The van der Waals surface area contributed by atoms with E-state index in [1.165, 1.54) is 0 Å². The number of aromatic amines is 1. The van der Waals surface area contributed by atoms with Crippen LogP contribution >= 0.6 is 0 Å². The molecule has 2 rings (SSSR count). The number of rotatable bonds is 3. The minimum atomic E-state index is -3.10. The third kappa shape index (κ3) is 2.50. The molecule has 3 N–H and O–H groups in total. The SMILES string of the molecule is O=C(NC1CCS(=O)(=O)C1)c1nc[nH]c1C(=O)O. The molecule has 1 aliphatic heterocycles. The molecule has 0 saturated carbocycles. The number of amides is 1. The topological polar surface area (TPSA) is 129 Å². The van der Waals surface area contributed by atoms with Crippen LogP contribution in [0.5, 0.6) is 0 Å². The van der Waals surface area contributed by atoms with Crippen molar-refractivity contribution in [1.82, 2.24) is 15.3 Å². The van der Waals surface area contributed by atoms with E-state index < -0.39 is 27.8 Å². The smallest absolute Gasteiger partial charge is 0.354 e. The summed E-state index contributed by atoms with van der Waals surface area (Å²) in [5.74, 6) is -2.07. The fraction of sp³-hybridized carbons (Fsp3) is 0.444. The quantitative estimate of drug-likeness (QED) is 0.649. The Balaban J connectivity index is 2.09. The van der Waals surface area contributed by atoms with Crippen molar-refractivity contribution >= 4 is 21.7 Å². The number of carboxylic acids is 1. The van der Waals surface area contributed by atoms with Crippen molar-refractivity contribution in [2.45, 2.75) is 12.5 Å². The maximum Gasteiger partial charge on any atom is 0.354 e. The molecule has 1 aliphatic rings. The highest BCUT2D eigenvalue weighted by Crippen LogP contribution is 2.12. The molecule has 18 heavy (non-hydrogen) atoms. The Morgan fingerprint density at radius 1 is 1.50 bits per heavy atom. The molecule has 0 radical (unpaired) electrons. The van der Waals surface area contributed by atoms with Crippen LogP contribution in [0.25, 0.3) is 0 Å². The summed E-state index contributed by atoms with van der Waals surface area (Å²) in [6, 6.07) is -0.485. The molecule has 0 aromatic carbocycles. The Kier molecular flexibility index (Phi) is 3.07. The van der Waals surface area contributed by atoms with Crippen LogP contribution in [0.4, 0.5) is 0 Å². The first-order valence-corrected chi connectivity index (χ1v) is 6.99. The Bertz CT molecular complexity index is 591. The number of aromatic nitrogens is 2. The largest absolute Gasteiger partial charge is 0.477 e. The van der Waals surface area contributed by atoms with E-state index in [4.69, 9.17) is 5.11 Å². The second-order valence-corrected chi connectivity index (χ2v) is 6.23. The summed E-state index contributed by atoms with van der Waals surface area (Å²) >= 11 is 0. The molecule has 1 amide bonds. The average Bonchev–Trinajstić information content (AvgIpc) is 2.84. The molecule has 1 unspecified atom stereocenters. The van der Waals surface area contributed by atoms with Gasteiger partial charge in [0.2, 0.25) is 0 Å². The summed E-state index contributed by atoms with van der Waals surface area (Å²) in [4.78, 5) is 28.5. The molecule has 2 heterocycles. The van der Waals surface area contributed by atoms with Gasteiger partial charge in [0.05, 0.1) is 17.8 Å². The van der Waals surface area contributed by atoms with Crippen molar-refractivity contribution in [2.75, 3.05) is 11.5 Å². The number of imidazole rings is 1. The van der Waals surface area contributed by atoms with E-state index in [9.17, 15) is 18.0 Å². The molecule has 9 heteroatoms. The van der Waals surface area contributed by atoms with Gasteiger partial charge in [-0.15, -0.1) is 0 Å². The molecule has 8 nitrogen and oxygen atoms in total. The van der Waals surface area contributed by atoms with Gasteiger partial charge in [-0.2, -0.15) is 0 Å². The lowest BCUT2D eigenvalue weighted by atomic mass is 10.2. The molecule has 1 aromatic rings. The van der Waals surface area contributed by atoms with Crippen LogP contribution in [0.2, 0.25) is 0 Å². The van der Waals surface area contributed by atoms with E-state index in [0.29, 0.717) is 6.42 Å². The van der Waals surface area contributed by atoms with Gasteiger partial charge >= 0.3 is 5.97 Å². The van der Waals surface area contributed by atoms with E-state index in [2.05, 4.69) is 15.3 Å². The van der Waals surface area contributed by atoms with Gasteiger partial charge in [0.15, 0.2) is 21.2 Å². The van der Waals surface area contributed by atoms with E-state index in [0.717, 1.165) is 6.33 Å². The van der Waals surface area contributed by atoms with Crippen LogP contribution in [0.1, 0.15) is 27.4 Å². The zero-order chi connectivity index (χ0) is 13.3. The number of carboxylic acid groups (broad SMARTS) is 1. The standard InChI is InChI=1S/C9H11N3O5S/c13-8(6-7(9(14)15)11-4-10-6)12-5-1-2-18(16,17)3-5/h4-5H,1-3H2,(H,10,11)(H,12,13)(H,14,15). The maximum absolute atomic E-state index is 11.7. The third-order valence-electron chi connectivity index (χ3n) is 2.64. The third-order valence-corrected chi connectivity index (χ3v) is 4.40.